The van der Waals surface area contributed by atoms with Crippen molar-refractivity contribution in [2.45, 2.75) is 49.9 Å². The quantitative estimate of drug-likeness (QED) is 0.505. The lowest BCUT2D eigenvalue weighted by Gasteiger charge is -2.41. The van der Waals surface area contributed by atoms with Gasteiger partial charge in [0.2, 0.25) is 0 Å². The molecule has 1 aromatic carbocycles. The van der Waals surface area contributed by atoms with Gasteiger partial charge in [0.1, 0.15) is 5.75 Å². The molecule has 0 saturated carbocycles. The molecule has 0 radical (unpaired) electrons. The van der Waals surface area contributed by atoms with Crippen molar-refractivity contribution in [3.05, 3.63) is 50.9 Å². The zero-order valence-corrected chi connectivity index (χ0v) is 21.3. The Morgan fingerprint density at radius 2 is 2.09 bits per heavy atom. The molecule has 0 spiro atoms. The van der Waals surface area contributed by atoms with E-state index in [1.807, 2.05) is 24.4 Å². The van der Waals surface area contributed by atoms with Gasteiger partial charge in [0, 0.05) is 66.0 Å². The van der Waals surface area contributed by atoms with E-state index in [1.54, 1.807) is 24.8 Å². The van der Waals surface area contributed by atoms with Gasteiger partial charge >= 0.3 is 0 Å². The van der Waals surface area contributed by atoms with E-state index in [4.69, 9.17) is 16.3 Å². The third-order valence-corrected chi connectivity index (χ3v) is 8.82. The lowest BCUT2D eigenvalue weighted by molar-refractivity contribution is 0.0512. The predicted octanol–water partition coefficient (Wildman–Crippen LogP) is 2.46. The number of piperidine rings is 1. The average molecular weight is 512 g/mol. The highest BCUT2D eigenvalue weighted by molar-refractivity contribution is 7.03. The van der Waals surface area contributed by atoms with Crippen LogP contribution in [-0.2, 0) is 0 Å². The largest absolute Gasteiger partial charge is 0.497 e. The zero-order valence-electron chi connectivity index (χ0n) is 19.7. The molecule has 9 heteroatoms. The normalized spacial score (nSPS) is 24.7. The maximum Gasteiger partial charge on any atom is 0.119 e. The summed E-state index contributed by atoms with van der Waals surface area (Å²) in [6.45, 7) is 2.35. The molecule has 2 bridgehead atoms. The molecular formula is C26H30ClN5O2S. The Bertz CT molecular complexity index is 1330. The molecule has 2 aromatic heterocycles. The zero-order chi connectivity index (χ0) is 23.9. The minimum atomic E-state index is -0.681. The molecule has 3 aliphatic rings. The first-order chi connectivity index (χ1) is 17.1. The Morgan fingerprint density at radius 3 is 2.89 bits per heavy atom. The van der Waals surface area contributed by atoms with E-state index >= 15 is 0 Å². The van der Waals surface area contributed by atoms with Crippen LogP contribution in [0.2, 0.25) is 5.02 Å². The van der Waals surface area contributed by atoms with Crippen LogP contribution in [0.15, 0.2) is 30.6 Å². The van der Waals surface area contributed by atoms with Crippen LogP contribution < -0.4 is 19.8 Å². The highest BCUT2D eigenvalue weighted by Gasteiger charge is 2.41. The van der Waals surface area contributed by atoms with Gasteiger partial charge in [0.15, 0.2) is 0 Å². The highest BCUT2D eigenvalue weighted by atomic mass is 35.5. The molecule has 7 nitrogen and oxygen atoms in total. The number of rotatable bonds is 7. The van der Waals surface area contributed by atoms with Gasteiger partial charge in [-0.05, 0) is 61.5 Å². The first-order valence-corrected chi connectivity index (χ1v) is 13.4. The van der Waals surface area contributed by atoms with E-state index in [1.165, 1.54) is 22.6 Å². The van der Waals surface area contributed by atoms with Crippen molar-refractivity contribution in [3.63, 3.8) is 0 Å². The van der Waals surface area contributed by atoms with E-state index in [-0.39, 0.29) is 0 Å². The topological polar surface area (TPSA) is 73.8 Å². The fraction of sp³-hybridized carbons (Fsp3) is 0.462. The molecular weight excluding hydrogens is 482 g/mol. The van der Waals surface area contributed by atoms with Crippen LogP contribution in [0.4, 0.5) is 0 Å². The third-order valence-electron chi connectivity index (χ3n) is 7.71. The van der Waals surface area contributed by atoms with E-state index in [2.05, 4.69) is 36.8 Å². The number of hydrogen-bond donors (Lipinski definition) is 2. The number of ether oxygens (including phenoxy) is 1. The number of nitrogens with one attached hydrogen (secondary N) is 1. The number of methoxy groups -OCH3 is 1. The molecule has 35 heavy (non-hydrogen) atoms. The second-order valence-corrected chi connectivity index (χ2v) is 11.0. The fourth-order valence-electron chi connectivity index (χ4n) is 5.98. The number of fused-ring (bicyclic) bond motifs is 4. The lowest BCUT2D eigenvalue weighted by atomic mass is 9.95. The molecule has 3 aliphatic heterocycles. The van der Waals surface area contributed by atoms with Crippen molar-refractivity contribution in [2.24, 2.45) is 0 Å². The monoisotopic (exact) mass is 511 g/mol. The summed E-state index contributed by atoms with van der Waals surface area (Å²) in [5, 5.41) is 17.7. The van der Waals surface area contributed by atoms with Crippen molar-refractivity contribution in [2.75, 3.05) is 26.9 Å². The Morgan fingerprint density at radius 1 is 1.26 bits per heavy atom. The fourth-order valence-corrected chi connectivity index (χ4v) is 6.89. The van der Waals surface area contributed by atoms with E-state index < -0.39 is 6.10 Å². The van der Waals surface area contributed by atoms with Gasteiger partial charge in [-0.3, -0.25) is 15.2 Å². The molecule has 0 aliphatic carbocycles. The predicted molar refractivity (Wildman–Crippen MR) is 140 cm³/mol. The smallest absolute Gasteiger partial charge is 0.119 e. The van der Waals surface area contributed by atoms with Crippen LogP contribution in [-0.4, -0.2) is 69.3 Å². The number of nitrogens with zero attached hydrogens (tertiary/aromatic N) is 4. The van der Waals surface area contributed by atoms with Gasteiger partial charge in [-0.2, -0.15) is 4.37 Å². The Hall–Kier alpha value is -2.23. The van der Waals surface area contributed by atoms with E-state index in [0.717, 1.165) is 48.3 Å². The summed E-state index contributed by atoms with van der Waals surface area (Å²) in [5.74, 6) is 0.733. The van der Waals surface area contributed by atoms with Crippen molar-refractivity contribution < 1.29 is 9.84 Å². The van der Waals surface area contributed by atoms with Gasteiger partial charge in [0.05, 0.1) is 35.0 Å². The van der Waals surface area contributed by atoms with Gasteiger partial charge in [-0.1, -0.05) is 11.6 Å². The lowest BCUT2D eigenvalue weighted by Crippen LogP contribution is -2.52. The summed E-state index contributed by atoms with van der Waals surface area (Å²) in [6.07, 6.45) is 11.9. The third kappa shape index (κ3) is 4.54. The summed E-state index contributed by atoms with van der Waals surface area (Å²) in [7, 11) is 1.64. The molecule has 3 unspecified atom stereocenters. The molecule has 6 rings (SSSR count). The number of aliphatic hydroxyl groups is 1. The van der Waals surface area contributed by atoms with Crippen LogP contribution in [0.5, 0.6) is 5.75 Å². The first-order valence-electron chi connectivity index (χ1n) is 12.2. The van der Waals surface area contributed by atoms with Gasteiger partial charge in [-0.15, -0.1) is 0 Å². The van der Waals surface area contributed by atoms with E-state index in [9.17, 15) is 5.11 Å². The van der Waals surface area contributed by atoms with Crippen LogP contribution in [0.3, 0.4) is 0 Å². The molecule has 184 valence electrons. The molecule has 5 heterocycles. The minimum Gasteiger partial charge on any atom is -0.497 e. The van der Waals surface area contributed by atoms with Gasteiger partial charge in [0.25, 0.3) is 0 Å². The minimum absolute atomic E-state index is 0.479. The van der Waals surface area contributed by atoms with Crippen LogP contribution in [0.25, 0.3) is 23.2 Å². The Labute approximate surface area is 213 Å². The van der Waals surface area contributed by atoms with Crippen molar-refractivity contribution in [1.82, 2.24) is 24.5 Å². The molecule has 3 aromatic rings. The molecule has 2 fully saturated rings. The van der Waals surface area contributed by atoms with Crippen molar-refractivity contribution in [1.29, 1.82) is 0 Å². The maximum atomic E-state index is 11.4. The van der Waals surface area contributed by atoms with Gasteiger partial charge in [-0.25, -0.2) is 0 Å². The number of pyridine rings is 1. The number of hydrogen-bond acceptors (Lipinski definition) is 8. The van der Waals surface area contributed by atoms with Gasteiger partial charge < -0.3 is 14.7 Å². The maximum absolute atomic E-state index is 11.4. The van der Waals surface area contributed by atoms with E-state index in [0.29, 0.717) is 29.7 Å². The summed E-state index contributed by atoms with van der Waals surface area (Å²) >= 11 is 8.12. The first kappa shape index (κ1) is 23.2. The van der Waals surface area contributed by atoms with Crippen molar-refractivity contribution >= 4 is 46.3 Å². The second-order valence-electron chi connectivity index (χ2n) is 9.78. The van der Waals surface area contributed by atoms with Crippen LogP contribution in [0, 0.1) is 0 Å². The van der Waals surface area contributed by atoms with Crippen molar-refractivity contribution in [3.8, 4) is 5.75 Å². The molecule has 0 amide bonds. The number of aliphatic hydroxyl groups excluding tert-OH is 1. The molecule has 3 atom stereocenters. The molecule has 2 saturated heterocycles. The molecule has 2 N–H and O–H groups in total. The number of benzene rings is 1. The highest BCUT2D eigenvalue weighted by Crippen LogP contribution is 2.39. The Kier molecular flexibility index (Phi) is 6.41. The number of halogens is 1. The SMILES string of the molecule is COc1ccc2ncc(Cl)c(C(O)CN3C4CCC3CC(NCN3C=c5cnsc5=CC3)C4)c2c1. The Balaban J connectivity index is 1.12. The van der Waals surface area contributed by atoms with Crippen LogP contribution >= 0.6 is 23.1 Å². The number of aromatic nitrogens is 2. The average Bonchev–Trinajstić information content (AvgIpc) is 3.42. The summed E-state index contributed by atoms with van der Waals surface area (Å²) in [6, 6.07) is 7.16. The second kappa shape index (κ2) is 9.67. The summed E-state index contributed by atoms with van der Waals surface area (Å²) in [4.78, 5) is 9.26. The standard InChI is InChI=1S/C26H30ClN5O2S/c1-34-20-4-5-23-21(10-20)26(22(27)12-28-23)24(33)14-32-18-2-3-19(32)9-17(8-18)29-15-31-7-6-25-16(13-31)11-30-35-25/h4-6,10-13,17-19,24,29,33H,2-3,7-9,14-15H2,1H3. The summed E-state index contributed by atoms with van der Waals surface area (Å²) < 4.78 is 11.0. The summed E-state index contributed by atoms with van der Waals surface area (Å²) in [5.41, 5.74) is 1.56. The van der Waals surface area contributed by atoms with Crippen LogP contribution in [0.1, 0.15) is 37.4 Å².